The predicted molar refractivity (Wildman–Crippen MR) is 213 cm³/mol. The third-order valence-electron chi connectivity index (χ3n) is 11.2. The van der Waals surface area contributed by atoms with Gasteiger partial charge in [0.2, 0.25) is 23.6 Å². The Hall–Kier alpha value is -4.40. The summed E-state index contributed by atoms with van der Waals surface area (Å²) in [5.74, 6) is -4.44. The lowest BCUT2D eigenvalue weighted by molar-refractivity contribution is -0.162. The highest BCUT2D eigenvalue weighted by atomic mass is 32.2. The highest BCUT2D eigenvalue weighted by molar-refractivity contribution is 7.91. The molecule has 0 spiro atoms. The van der Waals surface area contributed by atoms with Gasteiger partial charge in [-0.1, -0.05) is 94.5 Å². The molecule has 1 aliphatic carbocycles. The van der Waals surface area contributed by atoms with E-state index in [0.717, 1.165) is 42.6 Å². The Morgan fingerprint density at radius 3 is 2.30 bits per heavy atom. The van der Waals surface area contributed by atoms with Crippen molar-refractivity contribution in [2.75, 3.05) is 12.3 Å². The van der Waals surface area contributed by atoms with Crippen molar-refractivity contribution < 1.29 is 32.7 Å². The van der Waals surface area contributed by atoms with E-state index in [0.29, 0.717) is 24.4 Å². The van der Waals surface area contributed by atoms with Gasteiger partial charge in [-0.05, 0) is 61.8 Å². The number of carbonyl (C=O) groups is 4. The third-order valence-corrected chi connectivity index (χ3v) is 13.0. The van der Waals surface area contributed by atoms with Gasteiger partial charge >= 0.3 is 0 Å². The highest BCUT2D eigenvalue weighted by Crippen LogP contribution is 2.46. The topological polar surface area (TPSA) is 194 Å². The Bertz CT molecular complexity index is 1980. The van der Waals surface area contributed by atoms with Crippen LogP contribution in [0.25, 0.3) is 0 Å². The maximum absolute atomic E-state index is 15.7. The summed E-state index contributed by atoms with van der Waals surface area (Å²) in [5.41, 5.74) is 6.60. The number of aliphatic hydroxyl groups is 1. The Balaban J connectivity index is 1.69. The molecule has 4 amide bonds. The van der Waals surface area contributed by atoms with E-state index in [1.807, 2.05) is 19.9 Å². The average molecular weight is 791 g/mol. The summed E-state index contributed by atoms with van der Waals surface area (Å²) in [6, 6.07) is 14.9. The van der Waals surface area contributed by atoms with Crippen molar-refractivity contribution in [2.45, 2.75) is 127 Å². The minimum Gasteiger partial charge on any atom is -0.390 e. The molecule has 304 valence electrons. The molecule has 0 radical (unpaired) electrons. The maximum Gasteiger partial charge on any atom is 0.249 e. The first kappa shape index (κ1) is 42.7. The van der Waals surface area contributed by atoms with Crippen molar-refractivity contribution in [1.29, 1.82) is 0 Å². The molecule has 1 aliphatic heterocycles. The van der Waals surface area contributed by atoms with Crippen LogP contribution in [0.4, 0.5) is 0 Å². The summed E-state index contributed by atoms with van der Waals surface area (Å²) in [6.07, 6.45) is 3.53. The minimum atomic E-state index is -4.01. The number of fused-ring (bicyclic) bond motifs is 1. The molecule has 0 saturated heterocycles. The van der Waals surface area contributed by atoms with E-state index in [4.69, 9.17) is 5.73 Å². The van der Waals surface area contributed by atoms with Gasteiger partial charge in [0.05, 0.1) is 47.5 Å². The van der Waals surface area contributed by atoms with Crippen molar-refractivity contribution in [1.82, 2.24) is 25.3 Å². The van der Waals surface area contributed by atoms with Crippen LogP contribution in [0, 0.1) is 25.7 Å². The number of aryl methyl sites for hydroxylation is 2. The molecule has 2 aromatic carbocycles. The molecule has 1 fully saturated rings. The smallest absolute Gasteiger partial charge is 0.249 e. The fourth-order valence-electron chi connectivity index (χ4n) is 8.44. The number of nitrogens with zero attached hydrogens (tertiary/aromatic N) is 3. The lowest BCUT2D eigenvalue weighted by atomic mass is 9.76. The number of rotatable bonds is 16. The molecule has 1 unspecified atom stereocenters. The van der Waals surface area contributed by atoms with Gasteiger partial charge in [0.1, 0.15) is 0 Å². The molecule has 56 heavy (non-hydrogen) atoms. The van der Waals surface area contributed by atoms with E-state index in [1.54, 1.807) is 62.4 Å². The van der Waals surface area contributed by atoms with Gasteiger partial charge in [-0.15, -0.1) is 0 Å². The van der Waals surface area contributed by atoms with Crippen LogP contribution >= 0.6 is 0 Å². The molecule has 1 aromatic heterocycles. The molecule has 5 rings (SSSR count). The molecule has 3 aromatic rings. The molecule has 2 aliphatic rings. The molecule has 1 saturated carbocycles. The third kappa shape index (κ3) is 9.75. The van der Waals surface area contributed by atoms with E-state index >= 15 is 4.79 Å². The normalized spacial score (nSPS) is 19.3. The van der Waals surface area contributed by atoms with Crippen LogP contribution in [0.2, 0.25) is 0 Å². The molecule has 5 N–H and O–H groups in total. The molecule has 14 heteroatoms. The van der Waals surface area contributed by atoms with Gasteiger partial charge in [0.25, 0.3) is 0 Å². The quantitative estimate of drug-likeness (QED) is 0.167. The lowest BCUT2D eigenvalue weighted by Gasteiger charge is -2.46. The van der Waals surface area contributed by atoms with Crippen molar-refractivity contribution in [3.8, 4) is 0 Å². The molecule has 13 nitrogen and oxygen atoms in total. The van der Waals surface area contributed by atoms with Crippen molar-refractivity contribution in [3.63, 3.8) is 0 Å². The van der Waals surface area contributed by atoms with Gasteiger partial charge in [-0.3, -0.25) is 28.8 Å². The number of sulfone groups is 1. The fraction of sp³-hybridized carbons (Fsp3) is 0.548. The van der Waals surface area contributed by atoms with Crippen LogP contribution < -0.4 is 16.4 Å². The zero-order valence-electron chi connectivity index (χ0n) is 33.2. The summed E-state index contributed by atoms with van der Waals surface area (Å²) < 4.78 is 29.4. The van der Waals surface area contributed by atoms with Crippen molar-refractivity contribution in [3.05, 3.63) is 83.2 Å². The van der Waals surface area contributed by atoms with Crippen LogP contribution in [0.15, 0.2) is 65.6 Å². The number of amides is 4. The highest BCUT2D eigenvalue weighted by Gasteiger charge is 2.60. The molecule has 0 bridgehead atoms. The number of aromatic nitrogens is 2. The van der Waals surface area contributed by atoms with Crippen LogP contribution in [0.3, 0.4) is 0 Å². The summed E-state index contributed by atoms with van der Waals surface area (Å²) in [6.45, 7) is 8.63. The lowest BCUT2D eigenvalue weighted by Crippen LogP contribution is -2.70. The largest absolute Gasteiger partial charge is 0.390 e. The fourth-order valence-corrected chi connectivity index (χ4v) is 10.4. The molecule has 2 heterocycles. The predicted octanol–water partition coefficient (Wildman–Crippen LogP) is 3.73. The van der Waals surface area contributed by atoms with Crippen LogP contribution in [-0.2, 0) is 42.0 Å². The molecule has 5 atom stereocenters. The number of imide groups is 1. The zero-order valence-corrected chi connectivity index (χ0v) is 34.1. The van der Waals surface area contributed by atoms with E-state index in [9.17, 15) is 27.9 Å². The van der Waals surface area contributed by atoms with Gasteiger partial charge in [0, 0.05) is 25.1 Å². The summed E-state index contributed by atoms with van der Waals surface area (Å²) in [4.78, 5) is 58.7. The maximum atomic E-state index is 15.7. The second kappa shape index (κ2) is 18.2. The number of carbonyl (C=O) groups excluding carboxylic acids is 4. The summed E-state index contributed by atoms with van der Waals surface area (Å²) in [5, 5.41) is 22.3. The standard InChI is InChI=1S/C42H58N6O7S/c1-27(2)24-44-39(51)23-37(50)36(22-32-16-10-7-11-17-32)45-41(53)42(26-47-29(4)20-28(3)46-47,34-25-56(54,55)38-19-13-12-18-33(34)38)48(30(5)49)40(52)35(43)21-31-14-8-6-9-15-31/h6,8-9,12-15,18-20,27,32,34-37,50H,7,10-11,16-17,21-26,43H2,1-5H3,(H,44,51)(H,45,53)/t34?,35-,36-,37-,42+/m0/s1. The van der Waals surface area contributed by atoms with E-state index < -0.39 is 69.5 Å². The SMILES string of the molecule is CC(=O)N(C(=O)[C@@H](N)Cc1ccccc1)[C@@](Cn1nc(C)cc1C)(C(=O)N[C@@H](CC1CCCCC1)[C@@H](O)CC(=O)NCC(C)C)C1CS(=O)(=O)c2ccccc21. The van der Waals surface area contributed by atoms with Crippen molar-refractivity contribution in [2.24, 2.45) is 17.6 Å². The number of nitrogens with one attached hydrogen (secondary N) is 2. The Kier molecular flexibility index (Phi) is 13.9. The zero-order chi connectivity index (χ0) is 40.8. The Morgan fingerprint density at radius 1 is 1.02 bits per heavy atom. The van der Waals surface area contributed by atoms with Crippen LogP contribution in [0.1, 0.15) is 94.1 Å². The van der Waals surface area contributed by atoms with E-state index in [2.05, 4.69) is 15.7 Å². The van der Waals surface area contributed by atoms with E-state index in [-0.39, 0.29) is 41.0 Å². The number of benzene rings is 2. The Morgan fingerprint density at radius 2 is 1.68 bits per heavy atom. The van der Waals surface area contributed by atoms with Gasteiger partial charge in [-0.2, -0.15) is 5.10 Å². The van der Waals surface area contributed by atoms with E-state index in [1.165, 1.54) is 17.7 Å². The second-order valence-corrected chi connectivity index (χ2v) is 18.2. The van der Waals surface area contributed by atoms with Crippen molar-refractivity contribution >= 4 is 33.5 Å². The monoisotopic (exact) mass is 790 g/mol. The van der Waals surface area contributed by atoms with Gasteiger partial charge < -0.3 is 21.5 Å². The minimum absolute atomic E-state index is 0.000641. The average Bonchev–Trinajstić information content (AvgIpc) is 3.62. The molecular formula is C42H58N6O7S. The number of hydrogen-bond acceptors (Lipinski definition) is 9. The van der Waals surface area contributed by atoms with Gasteiger partial charge in [-0.25, -0.2) is 8.42 Å². The van der Waals surface area contributed by atoms with Gasteiger partial charge in [0.15, 0.2) is 15.4 Å². The summed E-state index contributed by atoms with van der Waals surface area (Å²) >= 11 is 0. The van der Waals surface area contributed by atoms with Crippen LogP contribution in [-0.4, -0.2) is 87.9 Å². The number of nitrogens with two attached hydrogens (primary N) is 1. The molecular weight excluding hydrogens is 733 g/mol. The van der Waals surface area contributed by atoms with Crippen LogP contribution in [0.5, 0.6) is 0 Å². The first-order valence-corrected chi connectivity index (χ1v) is 21.4. The first-order valence-electron chi connectivity index (χ1n) is 19.8. The summed E-state index contributed by atoms with van der Waals surface area (Å²) in [7, 11) is -4.01. The Labute approximate surface area is 330 Å². The second-order valence-electron chi connectivity index (χ2n) is 16.2. The number of hydrogen-bond donors (Lipinski definition) is 4. The first-order chi connectivity index (χ1) is 26.5. The number of aliphatic hydroxyl groups excluding tert-OH is 1.